The zero-order valence-electron chi connectivity index (χ0n) is 15.2. The molecule has 14 heteroatoms. The van der Waals surface area contributed by atoms with Crippen LogP contribution in [-0.2, 0) is 4.79 Å². The first-order chi connectivity index (χ1) is 13.9. The van der Waals surface area contributed by atoms with E-state index in [4.69, 9.17) is 28.2 Å². The number of hydrogen-bond donors (Lipinski definition) is 6. The van der Waals surface area contributed by atoms with Gasteiger partial charge in [0, 0.05) is 9.99 Å². The SMILES string of the molecule is NC(=O)c1c(I)c(C(N)=O)c(I)c(N(CC(O)CO)C(=O)C(Cl)CC(O)CO)c1I. The number of nitrogens with two attached hydrogens (primary N) is 2. The Morgan fingerprint density at radius 1 is 0.900 bits per heavy atom. The number of carbonyl (C=O) groups excluding carboxylic acids is 3. The highest BCUT2D eigenvalue weighted by atomic mass is 127. The molecular weight excluding hydrogens is 762 g/mol. The first kappa shape index (κ1) is 28.0. The molecule has 3 unspecified atom stereocenters. The lowest BCUT2D eigenvalue weighted by Gasteiger charge is -2.30. The third-order valence-electron chi connectivity index (χ3n) is 3.88. The molecule has 1 aromatic rings. The van der Waals surface area contributed by atoms with Gasteiger partial charge in [-0.25, -0.2) is 0 Å². The lowest BCUT2D eigenvalue weighted by molar-refractivity contribution is -0.119. The fourth-order valence-electron chi connectivity index (χ4n) is 2.46. The largest absolute Gasteiger partial charge is 0.394 e. The van der Waals surface area contributed by atoms with Gasteiger partial charge in [-0.1, -0.05) is 0 Å². The first-order valence-electron chi connectivity index (χ1n) is 8.22. The van der Waals surface area contributed by atoms with Crippen molar-refractivity contribution in [1.29, 1.82) is 0 Å². The van der Waals surface area contributed by atoms with E-state index in [1.165, 1.54) is 0 Å². The molecule has 10 nitrogen and oxygen atoms in total. The van der Waals surface area contributed by atoms with Crippen LogP contribution in [0.5, 0.6) is 0 Å². The lowest BCUT2D eigenvalue weighted by atomic mass is 10.1. The van der Waals surface area contributed by atoms with Gasteiger partial charge in [-0.3, -0.25) is 14.4 Å². The summed E-state index contributed by atoms with van der Waals surface area (Å²) in [6, 6.07) is 0. The van der Waals surface area contributed by atoms with Crippen molar-refractivity contribution in [3.63, 3.8) is 0 Å². The van der Waals surface area contributed by atoms with Crippen LogP contribution >= 0.6 is 79.4 Å². The van der Waals surface area contributed by atoms with Crippen LogP contribution in [0, 0.1) is 10.7 Å². The molecule has 0 bridgehead atoms. The Labute approximate surface area is 217 Å². The van der Waals surface area contributed by atoms with Crippen LogP contribution in [0.4, 0.5) is 5.69 Å². The van der Waals surface area contributed by atoms with Gasteiger partial charge in [0.2, 0.25) is 5.91 Å². The Bertz CT molecular complexity index is 802. The zero-order chi connectivity index (χ0) is 23.3. The number of primary amides is 2. The highest BCUT2D eigenvalue weighted by Gasteiger charge is 2.34. The summed E-state index contributed by atoms with van der Waals surface area (Å²) in [5.74, 6) is -2.52. The van der Waals surface area contributed by atoms with E-state index in [-0.39, 0.29) is 33.9 Å². The second-order valence-corrected chi connectivity index (χ2v) is 9.86. The van der Waals surface area contributed by atoms with Gasteiger partial charge in [0.25, 0.3) is 11.8 Å². The van der Waals surface area contributed by atoms with Crippen molar-refractivity contribution in [3.8, 4) is 0 Å². The molecule has 0 heterocycles. The molecule has 0 fully saturated rings. The number of carbonyl (C=O) groups is 3. The molecule has 0 aliphatic carbocycles. The van der Waals surface area contributed by atoms with Crippen molar-refractivity contribution >= 4 is 103 Å². The minimum Gasteiger partial charge on any atom is -0.394 e. The predicted molar refractivity (Wildman–Crippen MR) is 134 cm³/mol. The molecule has 8 N–H and O–H groups in total. The maximum Gasteiger partial charge on any atom is 0.250 e. The summed E-state index contributed by atoms with van der Waals surface area (Å²) in [6.45, 7) is -1.73. The Balaban J connectivity index is 3.77. The van der Waals surface area contributed by atoms with E-state index in [2.05, 4.69) is 0 Å². The van der Waals surface area contributed by atoms with E-state index in [1.807, 2.05) is 0 Å². The number of alkyl halides is 1. The smallest absolute Gasteiger partial charge is 0.250 e. The van der Waals surface area contributed by atoms with E-state index in [1.54, 1.807) is 67.8 Å². The third-order valence-corrected chi connectivity index (χ3v) is 7.43. The van der Waals surface area contributed by atoms with Gasteiger partial charge in [0.05, 0.1) is 55.9 Å². The Morgan fingerprint density at radius 3 is 1.70 bits per heavy atom. The molecule has 0 spiro atoms. The third kappa shape index (κ3) is 6.48. The summed E-state index contributed by atoms with van der Waals surface area (Å²) in [5.41, 5.74) is 10.9. The fourth-order valence-corrected chi connectivity index (χ4v) is 7.60. The molecule has 0 aliphatic rings. The fraction of sp³-hybridized carbons (Fsp3) is 0.438. The van der Waals surface area contributed by atoms with E-state index in [0.29, 0.717) is 0 Å². The molecule has 0 radical (unpaired) electrons. The summed E-state index contributed by atoms with van der Waals surface area (Å²) < 4.78 is 0.631. The van der Waals surface area contributed by atoms with E-state index < -0.39 is 55.1 Å². The number of benzene rings is 1. The first-order valence-corrected chi connectivity index (χ1v) is 11.9. The average molecular weight is 782 g/mol. The number of amides is 3. The molecule has 1 rings (SSSR count). The topological polar surface area (TPSA) is 187 Å². The number of aliphatic hydroxyl groups excluding tert-OH is 4. The van der Waals surface area contributed by atoms with Crippen molar-refractivity contribution in [2.75, 3.05) is 24.7 Å². The van der Waals surface area contributed by atoms with Crippen molar-refractivity contribution in [2.45, 2.75) is 24.0 Å². The summed E-state index contributed by atoms with van der Waals surface area (Å²) in [5, 5.41) is 36.5. The van der Waals surface area contributed by atoms with Crippen molar-refractivity contribution in [2.24, 2.45) is 11.5 Å². The molecule has 1 aromatic carbocycles. The highest BCUT2D eigenvalue weighted by molar-refractivity contribution is 14.1. The number of rotatable bonds is 10. The van der Waals surface area contributed by atoms with Gasteiger partial charge in [-0.2, -0.15) is 0 Å². The molecule has 30 heavy (non-hydrogen) atoms. The second-order valence-electron chi connectivity index (χ2n) is 6.09. The van der Waals surface area contributed by atoms with Crippen molar-refractivity contribution in [1.82, 2.24) is 0 Å². The van der Waals surface area contributed by atoms with Gasteiger partial charge in [0.1, 0.15) is 5.38 Å². The van der Waals surface area contributed by atoms with Gasteiger partial charge in [-0.05, 0) is 67.8 Å². The zero-order valence-corrected chi connectivity index (χ0v) is 22.4. The molecule has 0 saturated heterocycles. The molecular formula is C16H19ClI3N3O7. The highest BCUT2D eigenvalue weighted by Crippen LogP contribution is 2.38. The van der Waals surface area contributed by atoms with Gasteiger partial charge in [0.15, 0.2) is 0 Å². The Morgan fingerprint density at radius 2 is 1.33 bits per heavy atom. The summed E-state index contributed by atoms with van der Waals surface area (Å²) >= 11 is 11.4. The van der Waals surface area contributed by atoms with Crippen LogP contribution in [0.25, 0.3) is 0 Å². The number of aliphatic hydroxyl groups is 4. The number of nitrogens with zero attached hydrogens (tertiary/aromatic N) is 1. The van der Waals surface area contributed by atoms with Crippen LogP contribution in [0.2, 0.25) is 0 Å². The molecule has 168 valence electrons. The molecule has 0 aromatic heterocycles. The van der Waals surface area contributed by atoms with Crippen LogP contribution in [0.15, 0.2) is 0 Å². The Hall–Kier alpha value is -0.0500. The van der Waals surface area contributed by atoms with E-state index in [9.17, 15) is 29.7 Å². The number of hydrogen-bond acceptors (Lipinski definition) is 7. The van der Waals surface area contributed by atoms with Crippen LogP contribution in [-0.4, -0.2) is 75.5 Å². The van der Waals surface area contributed by atoms with Gasteiger partial charge in [-0.15, -0.1) is 11.6 Å². The standard InChI is InChI=1S/C16H19ClI3N3O7/c17-7(1-5(26)3-24)16(30)23(2-6(27)4-25)13-11(19)8(14(21)28)10(18)9(12(13)20)15(22)29/h5-7,24-27H,1-4H2,(H2,21,28)(H2,22,29). The minimum atomic E-state index is -1.37. The summed E-state index contributed by atoms with van der Waals surface area (Å²) in [7, 11) is 0. The maximum absolute atomic E-state index is 13.1. The number of halogens is 4. The van der Waals surface area contributed by atoms with Crippen LogP contribution < -0.4 is 16.4 Å². The molecule has 3 atom stereocenters. The average Bonchev–Trinajstić information content (AvgIpc) is 2.65. The number of anilines is 1. The Kier molecular flexibility index (Phi) is 11.4. The van der Waals surface area contributed by atoms with Gasteiger partial charge >= 0.3 is 0 Å². The molecule has 0 aliphatic heterocycles. The predicted octanol–water partition coefficient (Wildman–Crippen LogP) is -0.265. The van der Waals surface area contributed by atoms with Crippen molar-refractivity contribution in [3.05, 3.63) is 21.8 Å². The second kappa shape index (κ2) is 12.3. The monoisotopic (exact) mass is 781 g/mol. The van der Waals surface area contributed by atoms with Crippen LogP contribution in [0.1, 0.15) is 27.1 Å². The van der Waals surface area contributed by atoms with E-state index >= 15 is 0 Å². The summed E-state index contributed by atoms with van der Waals surface area (Å²) in [4.78, 5) is 38.2. The maximum atomic E-state index is 13.1. The summed E-state index contributed by atoms with van der Waals surface area (Å²) in [6.07, 6.45) is -2.94. The van der Waals surface area contributed by atoms with Crippen LogP contribution in [0.3, 0.4) is 0 Å². The molecule has 3 amide bonds. The quantitative estimate of drug-likeness (QED) is 0.139. The lowest BCUT2D eigenvalue weighted by Crippen LogP contribution is -2.45. The minimum absolute atomic E-state index is 0.0433. The normalized spacial score (nSPS) is 14.1. The van der Waals surface area contributed by atoms with E-state index in [0.717, 1.165) is 4.90 Å². The van der Waals surface area contributed by atoms with Gasteiger partial charge < -0.3 is 36.8 Å². The molecule has 0 saturated carbocycles. The van der Waals surface area contributed by atoms with Crippen molar-refractivity contribution < 1.29 is 34.8 Å².